The van der Waals surface area contributed by atoms with E-state index in [1.54, 1.807) is 0 Å². The van der Waals surface area contributed by atoms with Gasteiger partial charge in [-0.3, -0.25) is 5.32 Å². The largest absolute Gasteiger partial charge is 0.296 e. The summed E-state index contributed by atoms with van der Waals surface area (Å²) in [7, 11) is 0. The number of hydrogen-bond donors (Lipinski definition) is 1. The van der Waals surface area contributed by atoms with E-state index in [4.69, 9.17) is 6.42 Å². The number of rotatable bonds is 7. The van der Waals surface area contributed by atoms with Crippen molar-refractivity contribution in [1.82, 2.24) is 5.32 Å². The molecule has 0 fully saturated rings. The van der Waals surface area contributed by atoms with Crippen LogP contribution >= 0.6 is 0 Å². The van der Waals surface area contributed by atoms with E-state index in [9.17, 15) is 0 Å². The highest BCUT2D eigenvalue weighted by Crippen LogP contribution is 2.19. The van der Waals surface area contributed by atoms with E-state index in [0.29, 0.717) is 0 Å². The first-order valence-corrected chi connectivity index (χ1v) is 7.64. The average Bonchev–Trinajstić information content (AvgIpc) is 2.55. The molecule has 0 aliphatic carbocycles. The molecule has 2 aromatic carbocycles. The lowest BCUT2D eigenvalue weighted by atomic mass is 9.97. The fourth-order valence-corrected chi connectivity index (χ4v) is 2.55. The molecule has 2 rings (SSSR count). The quantitative estimate of drug-likeness (QED) is 0.741. The summed E-state index contributed by atoms with van der Waals surface area (Å²) in [4.78, 5) is 0. The van der Waals surface area contributed by atoms with Gasteiger partial charge in [0.2, 0.25) is 0 Å². The molecule has 0 saturated carbocycles. The molecule has 0 aromatic heterocycles. The van der Waals surface area contributed by atoms with Gasteiger partial charge in [-0.2, -0.15) is 0 Å². The molecule has 2 unspecified atom stereocenters. The third kappa shape index (κ3) is 4.77. The fourth-order valence-electron chi connectivity index (χ4n) is 2.55. The van der Waals surface area contributed by atoms with Crippen LogP contribution in [0.15, 0.2) is 60.7 Å². The van der Waals surface area contributed by atoms with Crippen molar-refractivity contribution in [3.05, 3.63) is 71.8 Å². The molecular formula is C20H23N. The number of terminal acetylenes is 1. The maximum absolute atomic E-state index is 5.67. The van der Waals surface area contributed by atoms with Crippen molar-refractivity contribution in [1.29, 1.82) is 0 Å². The van der Waals surface area contributed by atoms with Crippen LogP contribution in [0.5, 0.6) is 0 Å². The summed E-state index contributed by atoms with van der Waals surface area (Å²) in [5.74, 6) is 2.88. The predicted octanol–water partition coefficient (Wildman–Crippen LogP) is 4.36. The molecule has 0 aliphatic heterocycles. The van der Waals surface area contributed by atoms with Crippen LogP contribution in [-0.2, 0) is 6.42 Å². The SMILES string of the molecule is C#CC(CCC)NC(Cc1ccccc1)c1ccccc1. The van der Waals surface area contributed by atoms with Crippen molar-refractivity contribution in [2.75, 3.05) is 0 Å². The Bertz CT molecular complexity index is 553. The molecule has 0 spiro atoms. The Labute approximate surface area is 128 Å². The van der Waals surface area contributed by atoms with Gasteiger partial charge in [0, 0.05) is 6.04 Å². The molecule has 21 heavy (non-hydrogen) atoms. The topological polar surface area (TPSA) is 12.0 Å². The third-order valence-electron chi connectivity index (χ3n) is 3.67. The molecule has 0 aliphatic rings. The molecule has 0 amide bonds. The third-order valence-corrected chi connectivity index (χ3v) is 3.67. The van der Waals surface area contributed by atoms with Crippen molar-refractivity contribution in [3.63, 3.8) is 0 Å². The zero-order valence-electron chi connectivity index (χ0n) is 12.6. The molecule has 1 N–H and O–H groups in total. The highest BCUT2D eigenvalue weighted by molar-refractivity contribution is 5.24. The second kappa shape index (κ2) is 8.29. The molecule has 108 valence electrons. The Kier molecular flexibility index (Phi) is 6.06. The van der Waals surface area contributed by atoms with E-state index >= 15 is 0 Å². The van der Waals surface area contributed by atoms with Crippen molar-refractivity contribution < 1.29 is 0 Å². The van der Waals surface area contributed by atoms with Crippen molar-refractivity contribution in [3.8, 4) is 12.3 Å². The van der Waals surface area contributed by atoms with Crippen molar-refractivity contribution in [2.24, 2.45) is 0 Å². The van der Waals surface area contributed by atoms with Crippen LogP contribution in [0.1, 0.15) is 36.9 Å². The van der Waals surface area contributed by atoms with E-state index in [0.717, 1.165) is 19.3 Å². The van der Waals surface area contributed by atoms with E-state index < -0.39 is 0 Å². The summed E-state index contributed by atoms with van der Waals surface area (Å²) in [5.41, 5.74) is 2.61. The highest BCUT2D eigenvalue weighted by atomic mass is 14.9. The first kappa shape index (κ1) is 15.4. The monoisotopic (exact) mass is 277 g/mol. The summed E-state index contributed by atoms with van der Waals surface area (Å²) >= 11 is 0. The van der Waals surface area contributed by atoms with Crippen LogP contribution in [-0.4, -0.2) is 6.04 Å². The first-order chi connectivity index (χ1) is 10.3. The molecule has 2 aromatic rings. The minimum Gasteiger partial charge on any atom is -0.296 e. The Morgan fingerprint density at radius 2 is 1.62 bits per heavy atom. The second-order valence-electron chi connectivity index (χ2n) is 5.33. The first-order valence-electron chi connectivity index (χ1n) is 7.64. The lowest BCUT2D eigenvalue weighted by Crippen LogP contribution is -2.33. The molecule has 0 bridgehead atoms. The van der Waals surface area contributed by atoms with Gasteiger partial charge in [0.1, 0.15) is 0 Å². The Morgan fingerprint density at radius 1 is 1.00 bits per heavy atom. The minimum absolute atomic E-state index is 0.129. The molecule has 1 nitrogen and oxygen atoms in total. The van der Waals surface area contributed by atoms with E-state index in [-0.39, 0.29) is 12.1 Å². The number of nitrogens with one attached hydrogen (secondary N) is 1. The summed E-state index contributed by atoms with van der Waals surface area (Å²) < 4.78 is 0. The maximum atomic E-state index is 5.67. The zero-order valence-corrected chi connectivity index (χ0v) is 12.6. The van der Waals surface area contributed by atoms with Crippen LogP contribution in [0.2, 0.25) is 0 Å². The Hall–Kier alpha value is -2.04. The van der Waals surface area contributed by atoms with Gasteiger partial charge in [0.05, 0.1) is 6.04 Å². The lowest BCUT2D eigenvalue weighted by Gasteiger charge is -2.23. The standard InChI is InChI=1S/C20H23N/c1-3-11-19(4-2)21-20(18-14-9-6-10-15-18)16-17-12-7-5-8-13-17/h2,5-10,12-15,19-21H,3,11,16H2,1H3. The number of hydrogen-bond acceptors (Lipinski definition) is 1. The summed E-state index contributed by atoms with van der Waals surface area (Å²) in [5, 5.41) is 3.63. The van der Waals surface area contributed by atoms with Gasteiger partial charge in [-0.15, -0.1) is 6.42 Å². The van der Waals surface area contributed by atoms with Crippen LogP contribution in [0.3, 0.4) is 0 Å². The maximum Gasteiger partial charge on any atom is 0.0691 e. The average molecular weight is 277 g/mol. The van der Waals surface area contributed by atoms with Gasteiger partial charge < -0.3 is 0 Å². The van der Waals surface area contributed by atoms with E-state index in [2.05, 4.69) is 72.8 Å². The van der Waals surface area contributed by atoms with Gasteiger partial charge in [-0.25, -0.2) is 0 Å². The molecule has 0 saturated heterocycles. The van der Waals surface area contributed by atoms with Gasteiger partial charge in [0.25, 0.3) is 0 Å². The fraction of sp³-hybridized carbons (Fsp3) is 0.300. The minimum atomic E-state index is 0.129. The zero-order chi connectivity index (χ0) is 14.9. The summed E-state index contributed by atoms with van der Waals surface area (Å²) in [6.45, 7) is 2.17. The molecule has 0 heterocycles. The second-order valence-corrected chi connectivity index (χ2v) is 5.33. The highest BCUT2D eigenvalue weighted by Gasteiger charge is 2.15. The lowest BCUT2D eigenvalue weighted by molar-refractivity contribution is 0.467. The van der Waals surface area contributed by atoms with Gasteiger partial charge in [0.15, 0.2) is 0 Å². The predicted molar refractivity (Wildman–Crippen MR) is 90.0 cm³/mol. The Balaban J connectivity index is 2.16. The van der Waals surface area contributed by atoms with Crippen LogP contribution in [0.4, 0.5) is 0 Å². The summed E-state index contributed by atoms with van der Waals surface area (Å²) in [6.07, 6.45) is 8.72. The van der Waals surface area contributed by atoms with Gasteiger partial charge >= 0.3 is 0 Å². The van der Waals surface area contributed by atoms with Crippen molar-refractivity contribution >= 4 is 0 Å². The van der Waals surface area contributed by atoms with E-state index in [1.165, 1.54) is 11.1 Å². The van der Waals surface area contributed by atoms with Crippen molar-refractivity contribution in [2.45, 2.75) is 38.3 Å². The molecular weight excluding hydrogens is 254 g/mol. The van der Waals surface area contributed by atoms with Gasteiger partial charge in [-0.1, -0.05) is 79.9 Å². The number of benzene rings is 2. The van der Waals surface area contributed by atoms with Crippen LogP contribution in [0.25, 0.3) is 0 Å². The summed E-state index contributed by atoms with van der Waals surface area (Å²) in [6, 6.07) is 21.5. The smallest absolute Gasteiger partial charge is 0.0691 e. The molecule has 2 atom stereocenters. The molecule has 1 heteroatoms. The van der Waals surface area contributed by atoms with Crippen LogP contribution < -0.4 is 5.32 Å². The van der Waals surface area contributed by atoms with E-state index in [1.807, 2.05) is 6.07 Å². The molecule has 0 radical (unpaired) electrons. The van der Waals surface area contributed by atoms with Crippen LogP contribution in [0, 0.1) is 12.3 Å². The normalized spacial score (nSPS) is 13.3. The van der Waals surface area contributed by atoms with Gasteiger partial charge in [-0.05, 0) is 24.0 Å². The Morgan fingerprint density at radius 3 is 2.19 bits per heavy atom.